The smallest absolute Gasteiger partial charge is 0.303 e. The SMILES string of the molecule is COCC(OC(C)=O)c1ccccc1. The van der Waals surface area contributed by atoms with E-state index < -0.39 is 0 Å². The fourth-order valence-electron chi connectivity index (χ4n) is 1.22. The fourth-order valence-corrected chi connectivity index (χ4v) is 1.22. The van der Waals surface area contributed by atoms with Crippen LogP contribution in [0.5, 0.6) is 0 Å². The molecule has 0 amide bonds. The number of hydrogen-bond acceptors (Lipinski definition) is 3. The highest BCUT2D eigenvalue weighted by Crippen LogP contribution is 2.17. The Morgan fingerprint density at radius 3 is 2.50 bits per heavy atom. The van der Waals surface area contributed by atoms with Crippen LogP contribution in [-0.4, -0.2) is 19.7 Å². The number of ether oxygens (including phenoxy) is 2. The predicted molar refractivity (Wildman–Crippen MR) is 52.8 cm³/mol. The van der Waals surface area contributed by atoms with Gasteiger partial charge in [-0.1, -0.05) is 30.3 Å². The summed E-state index contributed by atoms with van der Waals surface area (Å²) in [4.78, 5) is 10.8. The van der Waals surface area contributed by atoms with Gasteiger partial charge in [-0.15, -0.1) is 0 Å². The first-order chi connectivity index (χ1) is 6.74. The molecule has 1 atom stereocenters. The largest absolute Gasteiger partial charge is 0.455 e. The van der Waals surface area contributed by atoms with E-state index in [-0.39, 0.29) is 12.1 Å². The summed E-state index contributed by atoms with van der Waals surface area (Å²) in [5.74, 6) is -0.295. The molecule has 1 rings (SSSR count). The second-order valence-corrected chi connectivity index (χ2v) is 2.96. The highest BCUT2D eigenvalue weighted by molar-refractivity contribution is 5.66. The van der Waals surface area contributed by atoms with Crippen LogP contribution in [0.2, 0.25) is 0 Å². The first-order valence-electron chi connectivity index (χ1n) is 4.45. The lowest BCUT2D eigenvalue weighted by molar-refractivity contribution is -0.149. The molecule has 3 heteroatoms. The van der Waals surface area contributed by atoms with Gasteiger partial charge in [-0.2, -0.15) is 0 Å². The third-order valence-electron chi connectivity index (χ3n) is 1.80. The standard InChI is InChI=1S/C11H14O3/c1-9(12)14-11(8-13-2)10-6-4-3-5-7-10/h3-7,11H,8H2,1-2H3. The third-order valence-corrected chi connectivity index (χ3v) is 1.80. The number of carbonyl (C=O) groups excluding carboxylic acids is 1. The van der Waals surface area contributed by atoms with E-state index in [2.05, 4.69) is 0 Å². The van der Waals surface area contributed by atoms with Crippen molar-refractivity contribution >= 4 is 5.97 Å². The minimum absolute atomic E-state index is 0.295. The van der Waals surface area contributed by atoms with Gasteiger partial charge in [0.25, 0.3) is 0 Å². The molecule has 0 bridgehead atoms. The number of hydrogen-bond donors (Lipinski definition) is 0. The Kier molecular flexibility index (Phi) is 4.13. The van der Waals surface area contributed by atoms with Crippen LogP contribution < -0.4 is 0 Å². The third kappa shape index (κ3) is 3.18. The molecule has 0 aliphatic heterocycles. The molecule has 1 unspecified atom stereocenters. The van der Waals surface area contributed by atoms with Crippen molar-refractivity contribution in [1.29, 1.82) is 0 Å². The minimum atomic E-state index is -0.307. The molecular formula is C11H14O3. The van der Waals surface area contributed by atoms with Crippen LogP contribution in [-0.2, 0) is 14.3 Å². The monoisotopic (exact) mass is 194 g/mol. The predicted octanol–water partition coefficient (Wildman–Crippen LogP) is 1.94. The molecule has 0 radical (unpaired) electrons. The van der Waals surface area contributed by atoms with E-state index in [1.54, 1.807) is 7.11 Å². The molecule has 0 saturated carbocycles. The van der Waals surface area contributed by atoms with Crippen LogP contribution in [0.1, 0.15) is 18.6 Å². The Bertz CT molecular complexity index is 282. The van der Waals surface area contributed by atoms with Gasteiger partial charge in [-0.05, 0) is 5.56 Å². The molecule has 0 heterocycles. The highest BCUT2D eigenvalue weighted by Gasteiger charge is 2.13. The molecule has 76 valence electrons. The van der Waals surface area contributed by atoms with Gasteiger partial charge in [0.2, 0.25) is 0 Å². The van der Waals surface area contributed by atoms with E-state index in [1.807, 2.05) is 30.3 Å². The molecule has 0 fully saturated rings. The van der Waals surface area contributed by atoms with Gasteiger partial charge in [0.05, 0.1) is 6.61 Å². The lowest BCUT2D eigenvalue weighted by Gasteiger charge is -2.16. The van der Waals surface area contributed by atoms with Crippen LogP contribution in [0.3, 0.4) is 0 Å². The van der Waals surface area contributed by atoms with Crippen molar-refractivity contribution in [3.05, 3.63) is 35.9 Å². The second kappa shape index (κ2) is 5.40. The molecule has 0 N–H and O–H groups in total. The summed E-state index contributed by atoms with van der Waals surface area (Å²) < 4.78 is 10.1. The first kappa shape index (κ1) is 10.7. The highest BCUT2D eigenvalue weighted by atomic mass is 16.6. The van der Waals surface area contributed by atoms with E-state index in [9.17, 15) is 4.79 Å². The van der Waals surface area contributed by atoms with Crippen molar-refractivity contribution < 1.29 is 14.3 Å². The number of rotatable bonds is 4. The van der Waals surface area contributed by atoms with Gasteiger partial charge < -0.3 is 9.47 Å². The summed E-state index contributed by atoms with van der Waals surface area (Å²) in [6.45, 7) is 1.77. The van der Waals surface area contributed by atoms with E-state index in [1.165, 1.54) is 6.92 Å². The lowest BCUT2D eigenvalue weighted by Crippen LogP contribution is -2.13. The Hall–Kier alpha value is -1.35. The summed E-state index contributed by atoms with van der Waals surface area (Å²) >= 11 is 0. The maximum absolute atomic E-state index is 10.8. The molecule has 1 aromatic carbocycles. The van der Waals surface area contributed by atoms with Crippen LogP contribution in [0, 0.1) is 0 Å². The number of carbonyl (C=O) groups is 1. The number of methoxy groups -OCH3 is 1. The van der Waals surface area contributed by atoms with Crippen LogP contribution in [0.4, 0.5) is 0 Å². The van der Waals surface area contributed by atoms with Crippen molar-refractivity contribution in [2.75, 3.05) is 13.7 Å². The van der Waals surface area contributed by atoms with Crippen molar-refractivity contribution in [1.82, 2.24) is 0 Å². The zero-order chi connectivity index (χ0) is 10.4. The zero-order valence-electron chi connectivity index (χ0n) is 8.40. The van der Waals surface area contributed by atoms with Crippen LogP contribution >= 0.6 is 0 Å². The molecule has 14 heavy (non-hydrogen) atoms. The molecule has 0 aliphatic rings. The molecule has 0 aromatic heterocycles. The summed E-state index contributed by atoms with van der Waals surface area (Å²) in [6.07, 6.45) is -0.307. The zero-order valence-corrected chi connectivity index (χ0v) is 8.40. The van der Waals surface area contributed by atoms with Crippen molar-refractivity contribution in [2.45, 2.75) is 13.0 Å². The Morgan fingerprint density at radius 1 is 1.36 bits per heavy atom. The molecule has 3 nitrogen and oxygen atoms in total. The molecular weight excluding hydrogens is 180 g/mol. The number of esters is 1. The minimum Gasteiger partial charge on any atom is -0.455 e. The van der Waals surface area contributed by atoms with Crippen molar-refractivity contribution in [3.63, 3.8) is 0 Å². The van der Waals surface area contributed by atoms with Crippen LogP contribution in [0.25, 0.3) is 0 Å². The van der Waals surface area contributed by atoms with E-state index >= 15 is 0 Å². The molecule has 0 saturated heterocycles. The van der Waals surface area contributed by atoms with Crippen molar-refractivity contribution in [2.24, 2.45) is 0 Å². The Morgan fingerprint density at radius 2 is 2.00 bits per heavy atom. The van der Waals surface area contributed by atoms with E-state index in [0.717, 1.165) is 5.56 Å². The molecule has 0 spiro atoms. The topological polar surface area (TPSA) is 35.5 Å². The fraction of sp³-hybridized carbons (Fsp3) is 0.364. The van der Waals surface area contributed by atoms with Gasteiger partial charge in [0, 0.05) is 14.0 Å². The molecule has 1 aromatic rings. The second-order valence-electron chi connectivity index (χ2n) is 2.96. The van der Waals surface area contributed by atoms with Gasteiger partial charge in [-0.25, -0.2) is 0 Å². The van der Waals surface area contributed by atoms with Gasteiger partial charge in [0.1, 0.15) is 0 Å². The average Bonchev–Trinajstić information content (AvgIpc) is 2.18. The Labute approximate surface area is 83.6 Å². The van der Waals surface area contributed by atoms with Gasteiger partial charge in [0.15, 0.2) is 6.10 Å². The van der Waals surface area contributed by atoms with Crippen LogP contribution in [0.15, 0.2) is 30.3 Å². The van der Waals surface area contributed by atoms with Gasteiger partial charge in [-0.3, -0.25) is 4.79 Å². The first-order valence-corrected chi connectivity index (χ1v) is 4.45. The summed E-state index contributed by atoms with van der Waals surface area (Å²) in [5.41, 5.74) is 0.949. The normalized spacial score (nSPS) is 12.1. The summed E-state index contributed by atoms with van der Waals surface area (Å²) in [6, 6.07) is 9.55. The quantitative estimate of drug-likeness (QED) is 0.687. The van der Waals surface area contributed by atoms with Gasteiger partial charge >= 0.3 is 5.97 Å². The lowest BCUT2D eigenvalue weighted by atomic mass is 10.1. The summed E-state index contributed by atoms with van der Waals surface area (Å²) in [5, 5.41) is 0. The Balaban J connectivity index is 2.72. The maximum Gasteiger partial charge on any atom is 0.303 e. The molecule has 0 aliphatic carbocycles. The summed E-state index contributed by atoms with van der Waals surface area (Å²) in [7, 11) is 1.58. The number of benzene rings is 1. The average molecular weight is 194 g/mol. The maximum atomic E-state index is 10.8. The van der Waals surface area contributed by atoms with E-state index in [0.29, 0.717) is 6.61 Å². The van der Waals surface area contributed by atoms with Crippen molar-refractivity contribution in [3.8, 4) is 0 Å². The van der Waals surface area contributed by atoms with E-state index in [4.69, 9.17) is 9.47 Å².